The first kappa shape index (κ1) is 12.8. The summed E-state index contributed by atoms with van der Waals surface area (Å²) in [5, 5.41) is 9.68. The summed E-state index contributed by atoms with van der Waals surface area (Å²) in [6, 6.07) is 15.1. The SMILES string of the molecule is COc1cccc(Sc2cc(Cl)ccc2C#N)c1. The van der Waals surface area contributed by atoms with Crippen LogP contribution in [0.3, 0.4) is 0 Å². The molecule has 0 atom stereocenters. The highest BCUT2D eigenvalue weighted by Crippen LogP contribution is 2.33. The summed E-state index contributed by atoms with van der Waals surface area (Å²) >= 11 is 7.45. The van der Waals surface area contributed by atoms with Gasteiger partial charge in [-0.05, 0) is 36.4 Å². The summed E-state index contributed by atoms with van der Waals surface area (Å²) in [6.07, 6.45) is 0. The monoisotopic (exact) mass is 275 g/mol. The fourth-order valence-corrected chi connectivity index (χ4v) is 2.69. The van der Waals surface area contributed by atoms with Gasteiger partial charge in [-0.25, -0.2) is 0 Å². The van der Waals surface area contributed by atoms with E-state index in [1.807, 2.05) is 24.3 Å². The average Bonchev–Trinajstić information content (AvgIpc) is 2.39. The van der Waals surface area contributed by atoms with Gasteiger partial charge in [-0.1, -0.05) is 29.4 Å². The molecular formula is C14H10ClNOS. The van der Waals surface area contributed by atoms with E-state index < -0.39 is 0 Å². The van der Waals surface area contributed by atoms with Gasteiger partial charge in [-0.2, -0.15) is 5.26 Å². The van der Waals surface area contributed by atoms with Crippen LogP contribution in [0, 0.1) is 11.3 Å². The van der Waals surface area contributed by atoms with Gasteiger partial charge in [-0.15, -0.1) is 0 Å². The van der Waals surface area contributed by atoms with E-state index in [0.717, 1.165) is 15.5 Å². The highest BCUT2D eigenvalue weighted by molar-refractivity contribution is 7.99. The van der Waals surface area contributed by atoms with Crippen molar-refractivity contribution in [3.8, 4) is 11.8 Å². The molecule has 90 valence electrons. The topological polar surface area (TPSA) is 33.0 Å². The Morgan fingerprint density at radius 1 is 1.22 bits per heavy atom. The van der Waals surface area contributed by atoms with Crippen LogP contribution in [-0.2, 0) is 0 Å². The fraction of sp³-hybridized carbons (Fsp3) is 0.0714. The molecule has 2 nitrogen and oxygen atoms in total. The molecule has 0 fully saturated rings. The van der Waals surface area contributed by atoms with Crippen molar-refractivity contribution in [2.24, 2.45) is 0 Å². The maximum absolute atomic E-state index is 9.06. The van der Waals surface area contributed by atoms with E-state index in [1.165, 1.54) is 11.8 Å². The molecule has 0 spiro atoms. The zero-order valence-corrected chi connectivity index (χ0v) is 11.3. The van der Waals surface area contributed by atoms with Gasteiger partial charge in [0.05, 0.1) is 12.7 Å². The van der Waals surface area contributed by atoms with Gasteiger partial charge < -0.3 is 4.74 Å². The number of hydrogen-bond donors (Lipinski definition) is 0. The lowest BCUT2D eigenvalue weighted by Crippen LogP contribution is -1.84. The van der Waals surface area contributed by atoms with Crippen LogP contribution in [0.2, 0.25) is 5.02 Å². The molecule has 0 aromatic heterocycles. The van der Waals surface area contributed by atoms with Crippen LogP contribution in [0.5, 0.6) is 5.75 Å². The Kier molecular flexibility index (Phi) is 4.14. The van der Waals surface area contributed by atoms with Crippen molar-refractivity contribution in [1.82, 2.24) is 0 Å². The first-order chi connectivity index (χ1) is 8.72. The number of methoxy groups -OCH3 is 1. The molecule has 2 aromatic carbocycles. The molecule has 0 heterocycles. The van der Waals surface area contributed by atoms with E-state index in [-0.39, 0.29) is 0 Å². The minimum Gasteiger partial charge on any atom is -0.497 e. The normalized spacial score (nSPS) is 9.83. The van der Waals surface area contributed by atoms with Crippen molar-refractivity contribution >= 4 is 23.4 Å². The van der Waals surface area contributed by atoms with Crippen LogP contribution >= 0.6 is 23.4 Å². The van der Waals surface area contributed by atoms with E-state index in [2.05, 4.69) is 6.07 Å². The summed E-state index contributed by atoms with van der Waals surface area (Å²) in [5.41, 5.74) is 0.618. The Morgan fingerprint density at radius 3 is 2.78 bits per heavy atom. The van der Waals surface area contributed by atoms with Crippen LogP contribution in [0.4, 0.5) is 0 Å². The van der Waals surface area contributed by atoms with Crippen molar-refractivity contribution in [3.05, 3.63) is 53.1 Å². The van der Waals surface area contributed by atoms with Crippen LogP contribution in [-0.4, -0.2) is 7.11 Å². The Morgan fingerprint density at radius 2 is 2.06 bits per heavy atom. The number of nitriles is 1. The Balaban J connectivity index is 2.33. The molecule has 4 heteroatoms. The standard InChI is InChI=1S/C14H10ClNOS/c1-17-12-3-2-4-13(8-12)18-14-7-11(15)6-5-10(14)9-16/h2-8H,1H3. The van der Waals surface area contributed by atoms with Crippen LogP contribution in [0.15, 0.2) is 52.3 Å². The van der Waals surface area contributed by atoms with Crippen LogP contribution in [0.1, 0.15) is 5.56 Å². The van der Waals surface area contributed by atoms with Gasteiger partial charge in [0, 0.05) is 14.8 Å². The lowest BCUT2D eigenvalue weighted by atomic mass is 10.2. The number of hydrogen-bond acceptors (Lipinski definition) is 3. The average molecular weight is 276 g/mol. The van der Waals surface area contributed by atoms with Crippen molar-refractivity contribution in [3.63, 3.8) is 0 Å². The quantitative estimate of drug-likeness (QED) is 0.834. The maximum atomic E-state index is 9.06. The van der Waals surface area contributed by atoms with Gasteiger partial charge in [-0.3, -0.25) is 0 Å². The first-order valence-electron chi connectivity index (χ1n) is 5.24. The molecule has 2 rings (SSSR count). The van der Waals surface area contributed by atoms with E-state index in [0.29, 0.717) is 10.6 Å². The molecule has 0 saturated heterocycles. The van der Waals surface area contributed by atoms with Crippen molar-refractivity contribution < 1.29 is 4.74 Å². The number of ether oxygens (including phenoxy) is 1. The molecule has 0 unspecified atom stereocenters. The minimum atomic E-state index is 0.618. The van der Waals surface area contributed by atoms with Gasteiger partial charge >= 0.3 is 0 Å². The number of rotatable bonds is 3. The van der Waals surface area contributed by atoms with Crippen LogP contribution < -0.4 is 4.74 Å². The number of benzene rings is 2. The highest BCUT2D eigenvalue weighted by atomic mass is 35.5. The minimum absolute atomic E-state index is 0.618. The second kappa shape index (κ2) is 5.81. The summed E-state index contributed by atoms with van der Waals surface area (Å²) < 4.78 is 5.17. The largest absolute Gasteiger partial charge is 0.497 e. The van der Waals surface area contributed by atoms with Gasteiger partial charge in [0.25, 0.3) is 0 Å². The molecule has 0 aliphatic rings. The van der Waals surface area contributed by atoms with E-state index in [9.17, 15) is 0 Å². The van der Waals surface area contributed by atoms with E-state index in [4.69, 9.17) is 21.6 Å². The van der Waals surface area contributed by atoms with Crippen molar-refractivity contribution in [2.45, 2.75) is 9.79 Å². The number of halogens is 1. The highest BCUT2D eigenvalue weighted by Gasteiger charge is 2.06. The first-order valence-corrected chi connectivity index (χ1v) is 6.44. The van der Waals surface area contributed by atoms with Crippen LogP contribution in [0.25, 0.3) is 0 Å². The van der Waals surface area contributed by atoms with Crippen molar-refractivity contribution in [1.29, 1.82) is 5.26 Å². The molecule has 2 aromatic rings. The lowest BCUT2D eigenvalue weighted by Gasteiger charge is -2.06. The summed E-state index contributed by atoms with van der Waals surface area (Å²) in [5.74, 6) is 0.792. The fourth-order valence-electron chi connectivity index (χ4n) is 1.46. The molecular weight excluding hydrogens is 266 g/mol. The molecule has 0 amide bonds. The molecule has 0 saturated carbocycles. The molecule has 0 aliphatic carbocycles. The van der Waals surface area contributed by atoms with Crippen molar-refractivity contribution in [2.75, 3.05) is 7.11 Å². The van der Waals surface area contributed by atoms with Gasteiger partial charge in [0.2, 0.25) is 0 Å². The second-order valence-electron chi connectivity index (χ2n) is 3.53. The third-order valence-corrected chi connectivity index (χ3v) is 3.62. The second-order valence-corrected chi connectivity index (χ2v) is 5.09. The third-order valence-electron chi connectivity index (χ3n) is 2.33. The third kappa shape index (κ3) is 2.98. The van der Waals surface area contributed by atoms with E-state index in [1.54, 1.807) is 25.3 Å². The van der Waals surface area contributed by atoms with Gasteiger partial charge in [0.1, 0.15) is 11.8 Å². The smallest absolute Gasteiger partial charge is 0.119 e. The molecule has 0 bridgehead atoms. The van der Waals surface area contributed by atoms with Gasteiger partial charge in [0.15, 0.2) is 0 Å². The predicted molar refractivity (Wildman–Crippen MR) is 73.3 cm³/mol. The molecule has 0 radical (unpaired) electrons. The summed E-state index contributed by atoms with van der Waals surface area (Å²) in [7, 11) is 1.63. The molecule has 0 aliphatic heterocycles. The summed E-state index contributed by atoms with van der Waals surface area (Å²) in [4.78, 5) is 1.85. The Bertz CT molecular complexity index is 607. The lowest BCUT2D eigenvalue weighted by molar-refractivity contribution is 0.413. The molecule has 18 heavy (non-hydrogen) atoms. The maximum Gasteiger partial charge on any atom is 0.119 e. The summed E-state index contributed by atoms with van der Waals surface area (Å²) in [6.45, 7) is 0. The number of nitrogens with zero attached hydrogens (tertiary/aromatic N) is 1. The molecule has 0 N–H and O–H groups in total. The predicted octanol–water partition coefficient (Wildman–Crippen LogP) is 4.37. The zero-order chi connectivity index (χ0) is 13.0. The van der Waals surface area contributed by atoms with E-state index >= 15 is 0 Å². The Hall–Kier alpha value is -1.63. The Labute approximate surface area is 115 Å². The zero-order valence-electron chi connectivity index (χ0n) is 9.68.